The van der Waals surface area contributed by atoms with Gasteiger partial charge >= 0.3 is 13.6 Å². The molecule has 0 fully saturated rings. The van der Waals surface area contributed by atoms with E-state index in [-0.39, 0.29) is 19.6 Å². The Balaban J connectivity index is 5.45. The molecule has 0 spiro atoms. The molecule has 0 aromatic heterocycles. The van der Waals surface area contributed by atoms with Crippen LogP contribution in [0.3, 0.4) is 0 Å². The molecule has 0 saturated heterocycles. The van der Waals surface area contributed by atoms with E-state index in [2.05, 4.69) is 10.7 Å². The van der Waals surface area contributed by atoms with Crippen molar-refractivity contribution < 1.29 is 23.1 Å². The van der Waals surface area contributed by atoms with Crippen molar-refractivity contribution in [2.75, 3.05) is 20.3 Å². The number of carbonyl (C=O) groups excluding carboxylic acids is 1. The molecule has 5 nitrogen and oxygen atoms in total. The molecule has 6 heteroatoms. The second-order valence-corrected chi connectivity index (χ2v) is 5.98. The van der Waals surface area contributed by atoms with Crippen molar-refractivity contribution in [2.45, 2.75) is 32.3 Å². The van der Waals surface area contributed by atoms with Crippen LogP contribution in [0.25, 0.3) is 0 Å². The van der Waals surface area contributed by atoms with E-state index in [9.17, 15) is 9.36 Å². The Labute approximate surface area is 102 Å². The Bertz CT molecular complexity index is 336. The Hall–Kier alpha value is -0.820. The van der Waals surface area contributed by atoms with Gasteiger partial charge in [0.1, 0.15) is 0 Å². The normalized spacial score (nSPS) is 14.8. The number of carbonyl (C=O) groups is 1. The minimum absolute atomic E-state index is 0.0725. The minimum Gasteiger partial charge on any atom is -0.468 e. The van der Waals surface area contributed by atoms with Crippen molar-refractivity contribution >= 4 is 13.6 Å². The van der Waals surface area contributed by atoms with Crippen LogP contribution in [0.2, 0.25) is 0 Å². The van der Waals surface area contributed by atoms with Crippen LogP contribution in [0, 0.1) is 12.3 Å². The first-order valence-corrected chi connectivity index (χ1v) is 6.87. The fourth-order valence-corrected chi connectivity index (χ4v) is 3.29. The quantitative estimate of drug-likeness (QED) is 0.400. The minimum atomic E-state index is -3.65. The Morgan fingerprint density at radius 2 is 1.82 bits per heavy atom. The van der Waals surface area contributed by atoms with E-state index in [0.717, 1.165) is 0 Å². The second-order valence-electron chi connectivity index (χ2n) is 3.48. The lowest BCUT2D eigenvalue weighted by atomic mass is 10.1. The molecule has 0 saturated carbocycles. The second kappa shape index (κ2) is 6.80. The van der Waals surface area contributed by atoms with Gasteiger partial charge in [-0.2, -0.15) is 0 Å². The third kappa shape index (κ3) is 3.32. The molecule has 0 aliphatic rings. The van der Waals surface area contributed by atoms with E-state index in [1.807, 2.05) is 0 Å². The summed E-state index contributed by atoms with van der Waals surface area (Å²) in [4.78, 5) is 11.8. The summed E-state index contributed by atoms with van der Waals surface area (Å²) < 4.78 is 27.5. The van der Waals surface area contributed by atoms with Crippen LogP contribution in [0.4, 0.5) is 0 Å². The van der Waals surface area contributed by atoms with Gasteiger partial charge < -0.3 is 13.8 Å². The summed E-state index contributed by atoms with van der Waals surface area (Å²) in [6, 6.07) is 0. The number of esters is 1. The monoisotopic (exact) mass is 262 g/mol. The molecular formula is C11H19O5P. The average Bonchev–Trinajstić information content (AvgIpc) is 2.28. The molecule has 0 N–H and O–H groups in total. The fraction of sp³-hybridized carbons (Fsp3) is 0.727. The Morgan fingerprint density at radius 3 is 2.12 bits per heavy atom. The van der Waals surface area contributed by atoms with E-state index in [1.165, 1.54) is 14.0 Å². The molecule has 0 aromatic carbocycles. The summed E-state index contributed by atoms with van der Waals surface area (Å²) in [7, 11) is -2.44. The van der Waals surface area contributed by atoms with Gasteiger partial charge in [0.15, 0.2) is 5.16 Å². The number of methoxy groups -OCH3 is 1. The zero-order chi connectivity index (χ0) is 13.5. The zero-order valence-electron chi connectivity index (χ0n) is 10.7. The van der Waals surface area contributed by atoms with Crippen LogP contribution in [-0.2, 0) is 23.1 Å². The molecular weight excluding hydrogens is 243 g/mol. The van der Waals surface area contributed by atoms with Gasteiger partial charge in [-0.25, -0.2) is 0 Å². The maximum atomic E-state index is 12.6. The van der Waals surface area contributed by atoms with Crippen LogP contribution >= 0.6 is 7.60 Å². The van der Waals surface area contributed by atoms with Gasteiger partial charge in [-0.15, -0.1) is 12.3 Å². The maximum absolute atomic E-state index is 12.6. The molecule has 0 aromatic rings. The van der Waals surface area contributed by atoms with Gasteiger partial charge in [0, 0.05) is 6.42 Å². The highest BCUT2D eigenvalue weighted by atomic mass is 31.2. The van der Waals surface area contributed by atoms with Crippen LogP contribution in [0.15, 0.2) is 0 Å². The number of rotatable bonds is 7. The molecule has 0 aliphatic heterocycles. The molecule has 0 radical (unpaired) electrons. The molecule has 17 heavy (non-hydrogen) atoms. The van der Waals surface area contributed by atoms with Crippen molar-refractivity contribution in [1.82, 2.24) is 0 Å². The van der Waals surface area contributed by atoms with Gasteiger partial charge in [-0.1, -0.05) is 0 Å². The molecule has 0 amide bonds. The highest BCUT2D eigenvalue weighted by molar-refractivity contribution is 7.56. The van der Waals surface area contributed by atoms with E-state index >= 15 is 0 Å². The summed E-state index contributed by atoms with van der Waals surface area (Å²) >= 11 is 0. The van der Waals surface area contributed by atoms with Crippen LogP contribution < -0.4 is 0 Å². The predicted molar refractivity (Wildman–Crippen MR) is 64.7 cm³/mol. The highest BCUT2D eigenvalue weighted by Gasteiger charge is 2.53. The summed E-state index contributed by atoms with van der Waals surface area (Å²) in [5.41, 5.74) is 0. The lowest BCUT2D eigenvalue weighted by molar-refractivity contribution is -0.143. The summed E-state index contributed by atoms with van der Waals surface area (Å²) in [5.74, 6) is 1.62. The lowest BCUT2D eigenvalue weighted by Gasteiger charge is -2.31. The maximum Gasteiger partial charge on any atom is 0.348 e. The molecule has 0 rings (SSSR count). The highest BCUT2D eigenvalue weighted by Crippen LogP contribution is 2.61. The van der Waals surface area contributed by atoms with Crippen LogP contribution in [0.1, 0.15) is 27.2 Å². The van der Waals surface area contributed by atoms with Gasteiger partial charge in [-0.05, 0) is 20.8 Å². The SMILES string of the molecule is C#CCC(C)(C(=O)OC)P(=O)(OCC)OCC. The molecule has 0 bridgehead atoms. The third-order valence-corrected chi connectivity index (χ3v) is 5.02. The lowest BCUT2D eigenvalue weighted by Crippen LogP contribution is -2.37. The number of ether oxygens (including phenoxy) is 1. The number of terminal acetylenes is 1. The molecule has 1 unspecified atom stereocenters. The first-order chi connectivity index (χ1) is 7.91. The van der Waals surface area contributed by atoms with Crippen molar-refractivity contribution in [3.63, 3.8) is 0 Å². The first-order valence-electron chi connectivity index (χ1n) is 5.33. The molecule has 0 heterocycles. The summed E-state index contributed by atoms with van der Waals surface area (Å²) in [6.45, 7) is 5.09. The van der Waals surface area contributed by atoms with E-state index in [1.54, 1.807) is 13.8 Å². The number of hydrogen-bond acceptors (Lipinski definition) is 5. The molecule has 1 atom stereocenters. The summed E-state index contributed by atoms with van der Waals surface area (Å²) in [6.07, 6.45) is 5.13. The van der Waals surface area contributed by atoms with Crippen molar-refractivity contribution in [3.8, 4) is 12.3 Å². The predicted octanol–water partition coefficient (Wildman–Crippen LogP) is 2.21. The number of hydrogen-bond donors (Lipinski definition) is 0. The average molecular weight is 262 g/mol. The topological polar surface area (TPSA) is 61.8 Å². The van der Waals surface area contributed by atoms with Crippen molar-refractivity contribution in [1.29, 1.82) is 0 Å². The van der Waals surface area contributed by atoms with Crippen LogP contribution in [-0.4, -0.2) is 31.4 Å². The van der Waals surface area contributed by atoms with Crippen molar-refractivity contribution in [3.05, 3.63) is 0 Å². The van der Waals surface area contributed by atoms with Crippen LogP contribution in [0.5, 0.6) is 0 Å². The fourth-order valence-electron chi connectivity index (χ4n) is 1.36. The van der Waals surface area contributed by atoms with Gasteiger partial charge in [0.05, 0.1) is 20.3 Å². The van der Waals surface area contributed by atoms with Gasteiger partial charge in [0.25, 0.3) is 0 Å². The van der Waals surface area contributed by atoms with E-state index in [4.69, 9.17) is 15.5 Å². The largest absolute Gasteiger partial charge is 0.468 e. The zero-order valence-corrected chi connectivity index (χ0v) is 11.6. The third-order valence-electron chi connectivity index (χ3n) is 2.27. The van der Waals surface area contributed by atoms with Crippen molar-refractivity contribution in [2.24, 2.45) is 0 Å². The van der Waals surface area contributed by atoms with Gasteiger partial charge in [0.2, 0.25) is 0 Å². The Kier molecular flexibility index (Phi) is 6.48. The summed E-state index contributed by atoms with van der Waals surface area (Å²) in [5, 5.41) is -1.47. The molecule has 98 valence electrons. The standard InChI is InChI=1S/C11H19O5P/c1-6-9-11(4,10(12)14-5)17(13,15-7-2)16-8-3/h1H,7-9H2,2-5H3. The van der Waals surface area contributed by atoms with Gasteiger partial charge in [-0.3, -0.25) is 9.36 Å². The van der Waals surface area contributed by atoms with E-state index in [0.29, 0.717) is 0 Å². The first kappa shape index (κ1) is 16.2. The smallest absolute Gasteiger partial charge is 0.348 e. The molecule has 0 aliphatic carbocycles. The van der Waals surface area contributed by atoms with E-state index < -0.39 is 18.7 Å². The Morgan fingerprint density at radius 1 is 1.35 bits per heavy atom.